The third kappa shape index (κ3) is 5.65. The average Bonchev–Trinajstić information content (AvgIpc) is 3.30. The molecule has 1 aliphatic rings. The maximum absolute atomic E-state index is 12.5. The summed E-state index contributed by atoms with van der Waals surface area (Å²) in [5.74, 6) is -0.134. The summed E-state index contributed by atoms with van der Waals surface area (Å²) in [6.45, 7) is 3.13. The second-order valence-electron chi connectivity index (χ2n) is 8.56. The Hall–Kier alpha value is -3.52. The monoisotopic (exact) mass is 542 g/mol. The van der Waals surface area contributed by atoms with Crippen LogP contribution in [0, 0.1) is 0 Å². The third-order valence-electron chi connectivity index (χ3n) is 6.10. The van der Waals surface area contributed by atoms with Gasteiger partial charge in [-0.25, -0.2) is 5.43 Å². The van der Waals surface area contributed by atoms with E-state index in [0.29, 0.717) is 19.8 Å². The van der Waals surface area contributed by atoms with Gasteiger partial charge in [-0.2, -0.15) is 5.10 Å². The molecule has 4 aromatic rings. The topological polar surface area (TPSA) is 58.9 Å². The molecular weight excluding hydrogens is 516 g/mol. The van der Waals surface area contributed by atoms with Gasteiger partial charge in [0.15, 0.2) is 0 Å². The second-order valence-corrected chi connectivity index (χ2v) is 9.47. The van der Waals surface area contributed by atoms with Gasteiger partial charge in [0, 0.05) is 28.8 Å². The van der Waals surface area contributed by atoms with Crippen molar-refractivity contribution in [1.82, 2.24) is 14.9 Å². The first-order chi connectivity index (χ1) is 17.7. The minimum absolute atomic E-state index is 0.134. The van der Waals surface area contributed by atoms with Crippen LogP contribution in [0.2, 0.25) is 0 Å². The van der Waals surface area contributed by atoms with E-state index in [2.05, 4.69) is 78.4 Å². The number of nitrogens with one attached hydrogen (secondary N) is 1. The molecule has 36 heavy (non-hydrogen) atoms. The van der Waals surface area contributed by atoms with Gasteiger partial charge in [0.05, 0.1) is 37.4 Å². The van der Waals surface area contributed by atoms with Gasteiger partial charge in [-0.05, 0) is 41.5 Å². The first-order valence-corrected chi connectivity index (χ1v) is 12.7. The zero-order valence-corrected chi connectivity index (χ0v) is 21.4. The van der Waals surface area contributed by atoms with Crippen LogP contribution in [0.25, 0.3) is 28.2 Å². The molecule has 5 rings (SSSR count). The molecule has 3 aromatic carbocycles. The summed E-state index contributed by atoms with van der Waals surface area (Å²) in [7, 11) is 0. The first-order valence-electron chi connectivity index (χ1n) is 11.9. The van der Waals surface area contributed by atoms with Crippen LogP contribution in [-0.4, -0.2) is 54.4 Å². The van der Waals surface area contributed by atoms with Crippen LogP contribution in [0.3, 0.4) is 0 Å². The lowest BCUT2D eigenvalue weighted by molar-refractivity contribution is -0.123. The fourth-order valence-electron chi connectivity index (χ4n) is 4.37. The van der Waals surface area contributed by atoms with E-state index < -0.39 is 0 Å². The lowest BCUT2D eigenvalue weighted by atomic mass is 10.1. The number of nitrogens with zero attached hydrogens (tertiary/aromatic N) is 3. The summed E-state index contributed by atoms with van der Waals surface area (Å²) in [4.78, 5) is 14.6. The molecule has 2 heterocycles. The zero-order chi connectivity index (χ0) is 24.7. The Labute approximate surface area is 219 Å². The highest BCUT2D eigenvalue weighted by Gasteiger charge is 2.19. The Kier molecular flexibility index (Phi) is 7.71. The van der Waals surface area contributed by atoms with Gasteiger partial charge in [-0.15, -0.1) is 0 Å². The Bertz CT molecular complexity index is 1330. The number of rotatable bonds is 7. The number of hydrazone groups is 1. The minimum atomic E-state index is -0.134. The number of hydrogen-bond donors (Lipinski definition) is 1. The van der Waals surface area contributed by atoms with Crippen molar-refractivity contribution >= 4 is 28.1 Å². The Balaban J connectivity index is 1.54. The number of carbonyl (C=O) groups excluding carboxylic acids is 1. The van der Waals surface area contributed by atoms with E-state index >= 15 is 0 Å². The van der Waals surface area contributed by atoms with Gasteiger partial charge in [0.1, 0.15) is 0 Å². The highest BCUT2D eigenvalue weighted by molar-refractivity contribution is 9.10. The quantitative estimate of drug-likeness (QED) is 0.253. The smallest absolute Gasteiger partial charge is 0.254 e. The summed E-state index contributed by atoms with van der Waals surface area (Å²) in [6.07, 6.45) is 1.74. The van der Waals surface area contributed by atoms with Crippen LogP contribution in [0.4, 0.5) is 0 Å². The third-order valence-corrected chi connectivity index (χ3v) is 6.62. The number of carbonyl (C=O) groups is 1. The van der Waals surface area contributed by atoms with Crippen molar-refractivity contribution in [3.63, 3.8) is 0 Å². The molecule has 0 aliphatic carbocycles. The lowest BCUT2D eigenvalue weighted by Gasteiger charge is -2.25. The molecule has 0 saturated carbocycles. The van der Waals surface area contributed by atoms with Crippen LogP contribution in [0.5, 0.6) is 0 Å². The van der Waals surface area contributed by atoms with Gasteiger partial charge >= 0.3 is 0 Å². The van der Waals surface area contributed by atoms with Crippen molar-refractivity contribution in [2.24, 2.45) is 5.10 Å². The first kappa shape index (κ1) is 24.2. The van der Waals surface area contributed by atoms with E-state index in [1.807, 2.05) is 48.5 Å². The molecule has 182 valence electrons. The Morgan fingerprint density at radius 1 is 0.917 bits per heavy atom. The summed E-state index contributed by atoms with van der Waals surface area (Å²) in [5.41, 5.74) is 8.84. The minimum Gasteiger partial charge on any atom is -0.379 e. The van der Waals surface area contributed by atoms with E-state index in [0.717, 1.165) is 51.3 Å². The van der Waals surface area contributed by atoms with Crippen LogP contribution in [-0.2, 0) is 9.53 Å². The summed E-state index contributed by atoms with van der Waals surface area (Å²) >= 11 is 3.55. The second kappa shape index (κ2) is 11.5. The zero-order valence-electron chi connectivity index (χ0n) is 19.8. The molecule has 0 radical (unpaired) electrons. The summed E-state index contributed by atoms with van der Waals surface area (Å²) in [6, 6.07) is 30.9. The van der Waals surface area contributed by atoms with Gasteiger partial charge in [0.2, 0.25) is 0 Å². The maximum atomic E-state index is 12.5. The van der Waals surface area contributed by atoms with E-state index in [1.54, 1.807) is 6.21 Å². The van der Waals surface area contributed by atoms with Crippen LogP contribution in [0.1, 0.15) is 5.56 Å². The van der Waals surface area contributed by atoms with Gasteiger partial charge < -0.3 is 9.30 Å². The Morgan fingerprint density at radius 2 is 1.56 bits per heavy atom. The van der Waals surface area contributed by atoms with E-state index in [4.69, 9.17) is 4.74 Å². The fourth-order valence-corrected chi connectivity index (χ4v) is 4.64. The lowest BCUT2D eigenvalue weighted by Crippen LogP contribution is -2.42. The molecule has 0 bridgehead atoms. The Morgan fingerprint density at radius 3 is 2.22 bits per heavy atom. The van der Waals surface area contributed by atoms with Crippen molar-refractivity contribution in [1.29, 1.82) is 0 Å². The fraction of sp³-hybridized carbons (Fsp3) is 0.172. The van der Waals surface area contributed by atoms with Gasteiger partial charge in [0.25, 0.3) is 5.91 Å². The normalized spacial score (nSPS) is 14.2. The van der Waals surface area contributed by atoms with E-state index in [-0.39, 0.29) is 5.91 Å². The van der Waals surface area contributed by atoms with Crippen molar-refractivity contribution in [2.75, 3.05) is 32.8 Å². The van der Waals surface area contributed by atoms with Gasteiger partial charge in [-0.1, -0.05) is 76.6 Å². The molecule has 1 aromatic heterocycles. The number of aromatic nitrogens is 1. The van der Waals surface area contributed by atoms with Crippen molar-refractivity contribution in [2.45, 2.75) is 0 Å². The van der Waals surface area contributed by atoms with E-state index in [9.17, 15) is 4.79 Å². The molecule has 1 N–H and O–H groups in total. The van der Waals surface area contributed by atoms with Crippen molar-refractivity contribution in [3.8, 4) is 28.2 Å². The van der Waals surface area contributed by atoms with Crippen LogP contribution >= 0.6 is 15.9 Å². The number of amides is 1. The van der Waals surface area contributed by atoms with Crippen molar-refractivity contribution in [3.05, 3.63) is 101 Å². The van der Waals surface area contributed by atoms with Crippen LogP contribution < -0.4 is 5.43 Å². The molecule has 7 heteroatoms. The van der Waals surface area contributed by atoms with Crippen molar-refractivity contribution < 1.29 is 9.53 Å². The SMILES string of the molecule is O=C(CN1CCOCC1)N/N=C/c1cc(-c2ccccc2)n(-c2ccc(Br)cc2)c1-c1ccccc1. The molecule has 0 unspecified atom stereocenters. The summed E-state index contributed by atoms with van der Waals surface area (Å²) in [5, 5.41) is 4.35. The molecule has 1 fully saturated rings. The summed E-state index contributed by atoms with van der Waals surface area (Å²) < 4.78 is 8.62. The number of hydrogen-bond acceptors (Lipinski definition) is 4. The molecule has 0 spiro atoms. The molecule has 0 atom stereocenters. The number of halogens is 1. The predicted octanol–water partition coefficient (Wildman–Crippen LogP) is 5.36. The molecule has 1 amide bonds. The highest BCUT2D eigenvalue weighted by Crippen LogP contribution is 2.35. The number of morpholine rings is 1. The van der Waals surface area contributed by atoms with Gasteiger partial charge in [-0.3, -0.25) is 9.69 Å². The number of ether oxygens (including phenoxy) is 1. The molecule has 6 nitrogen and oxygen atoms in total. The molecule has 1 saturated heterocycles. The molecule has 1 aliphatic heterocycles. The molecular formula is C29H27BrN4O2. The predicted molar refractivity (Wildman–Crippen MR) is 147 cm³/mol. The van der Waals surface area contributed by atoms with E-state index in [1.165, 1.54) is 0 Å². The van der Waals surface area contributed by atoms with Crippen LogP contribution in [0.15, 0.2) is 101 Å². The largest absolute Gasteiger partial charge is 0.379 e. The number of benzene rings is 3. The maximum Gasteiger partial charge on any atom is 0.254 e. The standard InChI is InChI=1S/C29H27BrN4O2/c30-25-11-13-26(14-12-25)34-27(22-7-3-1-4-8-22)19-24(29(34)23-9-5-2-6-10-23)20-31-32-28(35)21-33-15-17-36-18-16-33/h1-14,19-20H,15-18,21H2,(H,32,35)/b31-20+. The average molecular weight is 543 g/mol. The highest BCUT2D eigenvalue weighted by atomic mass is 79.9.